The molecule has 6 unspecified atom stereocenters. The summed E-state index contributed by atoms with van der Waals surface area (Å²) < 4.78 is 22.4. The molecule has 0 saturated carbocycles. The lowest BCUT2D eigenvalue weighted by molar-refractivity contribution is -0.305. The average Bonchev–Trinajstić information content (AvgIpc) is 2.89. The Morgan fingerprint density at radius 1 is 0.757 bits per heavy atom. The number of aliphatic hydroxyl groups is 4. The molecule has 0 spiro atoms. The number of carbonyl (C=O) groups excluding carboxylic acids is 1. The molecule has 0 aromatic carbocycles. The Hall–Kier alpha value is -0.810. The number of ether oxygens (including phenoxy) is 4. The lowest BCUT2D eigenvalue weighted by Crippen LogP contribution is -2.59. The van der Waals surface area contributed by atoms with Crippen LogP contribution in [0.15, 0.2) is 0 Å². The van der Waals surface area contributed by atoms with Gasteiger partial charge in [0.05, 0.1) is 19.8 Å². The van der Waals surface area contributed by atoms with Gasteiger partial charge in [-0.15, -0.1) is 0 Å². The van der Waals surface area contributed by atoms with Crippen LogP contribution >= 0.6 is 0 Å². The summed E-state index contributed by atoms with van der Waals surface area (Å²) in [5.41, 5.74) is 0. The molecule has 1 saturated heterocycles. The zero-order chi connectivity index (χ0) is 27.3. The second kappa shape index (κ2) is 22.1. The Labute approximate surface area is 223 Å². The fourth-order valence-corrected chi connectivity index (χ4v) is 4.37. The third-order valence-corrected chi connectivity index (χ3v) is 6.77. The average molecular weight is 535 g/mol. The molecule has 0 bridgehead atoms. The molecule has 0 aromatic rings. The molecule has 1 heterocycles. The van der Waals surface area contributed by atoms with Crippen LogP contribution in [0.5, 0.6) is 0 Å². The van der Waals surface area contributed by atoms with E-state index in [4.69, 9.17) is 18.9 Å². The highest BCUT2D eigenvalue weighted by atomic mass is 16.7. The summed E-state index contributed by atoms with van der Waals surface area (Å²) >= 11 is 0. The summed E-state index contributed by atoms with van der Waals surface area (Å²) in [7, 11) is 0. The number of hydrogen-bond donors (Lipinski definition) is 4. The quantitative estimate of drug-likeness (QED) is 0.114. The Kier molecular flexibility index (Phi) is 20.4. The van der Waals surface area contributed by atoms with Crippen LogP contribution in [-0.2, 0) is 23.7 Å². The van der Waals surface area contributed by atoms with E-state index in [1.54, 1.807) is 0 Å². The standard InChI is InChI=1S/C28H54O9/c1-3-5-7-9-11-13-15-17-24(30)36-22(20-34-18-16-14-12-10-8-6-4-2)21-35-28-27(33)26(32)25(31)23(19-29)37-28/h22-23,25-29,31-33H,3-21H2,1-2H3. The molecular weight excluding hydrogens is 480 g/mol. The largest absolute Gasteiger partial charge is 0.457 e. The van der Waals surface area contributed by atoms with Crippen LogP contribution in [0.1, 0.15) is 110 Å². The fourth-order valence-electron chi connectivity index (χ4n) is 4.37. The van der Waals surface area contributed by atoms with E-state index < -0.39 is 43.4 Å². The SMILES string of the molecule is CCCCCCCCCOCC(COC1OC(CO)C(O)C(O)C1O)OC(=O)CCCCCCCCC. The molecule has 6 atom stereocenters. The highest BCUT2D eigenvalue weighted by Crippen LogP contribution is 2.22. The monoisotopic (exact) mass is 534 g/mol. The normalized spacial score (nSPS) is 24.8. The number of aliphatic hydroxyl groups excluding tert-OH is 4. The highest BCUT2D eigenvalue weighted by Gasteiger charge is 2.44. The van der Waals surface area contributed by atoms with E-state index in [0.717, 1.165) is 32.1 Å². The maximum Gasteiger partial charge on any atom is 0.306 e. The Bertz CT molecular complexity index is 546. The zero-order valence-corrected chi connectivity index (χ0v) is 23.2. The molecule has 0 aliphatic carbocycles. The van der Waals surface area contributed by atoms with Crippen molar-refractivity contribution in [2.24, 2.45) is 0 Å². The summed E-state index contributed by atoms with van der Waals surface area (Å²) in [6, 6.07) is 0. The Morgan fingerprint density at radius 2 is 1.32 bits per heavy atom. The zero-order valence-electron chi connectivity index (χ0n) is 23.2. The van der Waals surface area contributed by atoms with E-state index in [2.05, 4.69) is 13.8 Å². The molecule has 4 N–H and O–H groups in total. The predicted molar refractivity (Wildman–Crippen MR) is 141 cm³/mol. The van der Waals surface area contributed by atoms with Crippen molar-refractivity contribution in [2.45, 2.75) is 147 Å². The van der Waals surface area contributed by atoms with Gasteiger partial charge in [-0.05, 0) is 12.8 Å². The van der Waals surface area contributed by atoms with Crippen LogP contribution in [0.2, 0.25) is 0 Å². The van der Waals surface area contributed by atoms with Gasteiger partial charge in [0.1, 0.15) is 30.5 Å². The van der Waals surface area contributed by atoms with E-state index in [1.807, 2.05) is 0 Å². The van der Waals surface area contributed by atoms with E-state index in [0.29, 0.717) is 13.0 Å². The molecule has 1 aliphatic heterocycles. The van der Waals surface area contributed by atoms with Crippen molar-refractivity contribution in [1.82, 2.24) is 0 Å². The van der Waals surface area contributed by atoms with Crippen LogP contribution in [0.3, 0.4) is 0 Å². The molecular formula is C28H54O9. The van der Waals surface area contributed by atoms with E-state index >= 15 is 0 Å². The third-order valence-electron chi connectivity index (χ3n) is 6.77. The number of carbonyl (C=O) groups is 1. The van der Waals surface area contributed by atoms with Gasteiger partial charge in [-0.3, -0.25) is 4.79 Å². The van der Waals surface area contributed by atoms with Crippen molar-refractivity contribution in [2.75, 3.05) is 26.4 Å². The lowest BCUT2D eigenvalue weighted by atomic mass is 9.99. The van der Waals surface area contributed by atoms with Crippen molar-refractivity contribution in [1.29, 1.82) is 0 Å². The van der Waals surface area contributed by atoms with Gasteiger partial charge in [0.15, 0.2) is 6.29 Å². The molecule has 1 rings (SSSR count). The topological polar surface area (TPSA) is 135 Å². The Balaban J connectivity index is 2.45. The van der Waals surface area contributed by atoms with Crippen molar-refractivity contribution < 1.29 is 44.2 Å². The summed E-state index contributed by atoms with van der Waals surface area (Å²) in [4.78, 5) is 12.4. The molecule has 1 fully saturated rings. The van der Waals surface area contributed by atoms with E-state index in [9.17, 15) is 25.2 Å². The first-order chi connectivity index (χ1) is 17.9. The highest BCUT2D eigenvalue weighted by molar-refractivity contribution is 5.69. The summed E-state index contributed by atoms with van der Waals surface area (Å²) in [6.07, 6.45) is 8.74. The number of unbranched alkanes of at least 4 members (excludes halogenated alkanes) is 12. The minimum absolute atomic E-state index is 0.109. The first kappa shape index (κ1) is 34.2. The van der Waals surface area contributed by atoms with Gasteiger partial charge in [-0.2, -0.15) is 0 Å². The number of esters is 1. The van der Waals surface area contributed by atoms with Gasteiger partial charge in [-0.25, -0.2) is 0 Å². The number of hydrogen-bond acceptors (Lipinski definition) is 9. The van der Waals surface area contributed by atoms with Gasteiger partial charge in [0.25, 0.3) is 0 Å². The van der Waals surface area contributed by atoms with Gasteiger partial charge in [0.2, 0.25) is 0 Å². The molecule has 0 radical (unpaired) electrons. The number of rotatable bonds is 23. The molecule has 0 aromatic heterocycles. The minimum atomic E-state index is -1.53. The predicted octanol–water partition coefficient (Wildman–Crippen LogP) is 3.62. The molecule has 0 amide bonds. The lowest BCUT2D eigenvalue weighted by Gasteiger charge is -2.39. The molecule has 1 aliphatic rings. The van der Waals surface area contributed by atoms with Crippen LogP contribution in [0, 0.1) is 0 Å². The Morgan fingerprint density at radius 3 is 1.92 bits per heavy atom. The van der Waals surface area contributed by atoms with Crippen LogP contribution in [0.25, 0.3) is 0 Å². The maximum atomic E-state index is 12.4. The molecule has 37 heavy (non-hydrogen) atoms. The molecule has 220 valence electrons. The van der Waals surface area contributed by atoms with Gasteiger partial charge in [0, 0.05) is 13.0 Å². The molecule has 9 nitrogen and oxygen atoms in total. The smallest absolute Gasteiger partial charge is 0.306 e. The first-order valence-corrected chi connectivity index (χ1v) is 14.6. The van der Waals surface area contributed by atoms with Gasteiger partial charge < -0.3 is 39.4 Å². The first-order valence-electron chi connectivity index (χ1n) is 14.6. The van der Waals surface area contributed by atoms with Crippen molar-refractivity contribution >= 4 is 5.97 Å². The van der Waals surface area contributed by atoms with E-state index in [1.165, 1.54) is 57.8 Å². The maximum absolute atomic E-state index is 12.4. The van der Waals surface area contributed by atoms with Crippen LogP contribution in [-0.4, -0.2) is 89.6 Å². The van der Waals surface area contributed by atoms with E-state index in [-0.39, 0.29) is 19.2 Å². The minimum Gasteiger partial charge on any atom is -0.457 e. The van der Waals surface area contributed by atoms with Gasteiger partial charge in [-0.1, -0.05) is 90.9 Å². The summed E-state index contributed by atoms with van der Waals surface area (Å²) in [5, 5.41) is 39.5. The van der Waals surface area contributed by atoms with Gasteiger partial charge >= 0.3 is 5.97 Å². The summed E-state index contributed by atoms with van der Waals surface area (Å²) in [6.45, 7) is 4.44. The molecule has 9 heteroatoms. The van der Waals surface area contributed by atoms with Crippen LogP contribution < -0.4 is 0 Å². The van der Waals surface area contributed by atoms with Crippen LogP contribution in [0.4, 0.5) is 0 Å². The third kappa shape index (κ3) is 15.4. The second-order valence-electron chi connectivity index (χ2n) is 10.2. The van der Waals surface area contributed by atoms with Crippen molar-refractivity contribution in [3.8, 4) is 0 Å². The summed E-state index contributed by atoms with van der Waals surface area (Å²) in [5.74, 6) is -0.324. The van der Waals surface area contributed by atoms with Crippen molar-refractivity contribution in [3.05, 3.63) is 0 Å². The second-order valence-corrected chi connectivity index (χ2v) is 10.2. The van der Waals surface area contributed by atoms with Crippen molar-refractivity contribution in [3.63, 3.8) is 0 Å². The fraction of sp³-hybridized carbons (Fsp3) is 0.964.